The van der Waals surface area contributed by atoms with Crippen LogP contribution in [-0.4, -0.2) is 12.5 Å². The maximum atomic E-state index is 13.4. The molecule has 76 valence electrons. The minimum absolute atomic E-state index is 0.233. The van der Waals surface area contributed by atoms with Crippen molar-refractivity contribution in [1.82, 2.24) is 0 Å². The topological polar surface area (TPSA) is 50.4 Å². The lowest BCUT2D eigenvalue weighted by Crippen LogP contribution is -2.23. The molecule has 14 heavy (non-hydrogen) atoms. The molecule has 0 aliphatic carbocycles. The lowest BCUT2D eigenvalue weighted by molar-refractivity contribution is 0.623. The number of anilines is 1. The lowest BCUT2D eigenvalue weighted by Gasteiger charge is -2.07. The highest BCUT2D eigenvalue weighted by Crippen LogP contribution is 2.16. The summed E-state index contributed by atoms with van der Waals surface area (Å²) < 4.78 is 13.4. The number of hydrogen-bond donors (Lipinski definition) is 2. The molecule has 0 fully saturated rings. The Morgan fingerprint density at radius 1 is 1.57 bits per heavy atom. The quantitative estimate of drug-likeness (QED) is 0.559. The Kier molecular flexibility index (Phi) is 3.45. The maximum Gasteiger partial charge on any atom is 0.193 e. The molecule has 1 rings (SSSR count). The first-order valence-electron chi connectivity index (χ1n) is 4.47. The number of hydrogen-bond acceptors (Lipinski definition) is 1. The molecule has 4 heteroatoms. The van der Waals surface area contributed by atoms with Crippen LogP contribution in [0.2, 0.25) is 0 Å². The van der Waals surface area contributed by atoms with Crippen molar-refractivity contribution in [2.24, 2.45) is 10.7 Å². The van der Waals surface area contributed by atoms with Gasteiger partial charge in [-0.25, -0.2) is 4.39 Å². The van der Waals surface area contributed by atoms with E-state index in [1.54, 1.807) is 25.1 Å². The highest BCUT2D eigenvalue weighted by molar-refractivity contribution is 5.92. The van der Waals surface area contributed by atoms with E-state index >= 15 is 0 Å². The van der Waals surface area contributed by atoms with Gasteiger partial charge in [0.15, 0.2) is 5.96 Å². The van der Waals surface area contributed by atoms with E-state index < -0.39 is 0 Å². The zero-order chi connectivity index (χ0) is 10.6. The molecule has 3 N–H and O–H groups in total. The number of nitrogens with zero attached hydrogens (tertiary/aromatic N) is 1. The van der Waals surface area contributed by atoms with E-state index in [2.05, 4.69) is 10.3 Å². The molecule has 0 atom stereocenters. The monoisotopic (exact) mass is 195 g/mol. The molecule has 0 amide bonds. The second-order valence-electron chi connectivity index (χ2n) is 2.92. The molecule has 0 radical (unpaired) electrons. The Labute approximate surface area is 82.8 Å². The number of aliphatic imine (C=N–C) groups is 1. The molecule has 0 aromatic heterocycles. The van der Waals surface area contributed by atoms with Crippen molar-refractivity contribution in [1.29, 1.82) is 0 Å². The van der Waals surface area contributed by atoms with Crippen LogP contribution in [0, 0.1) is 12.7 Å². The standard InChI is InChI=1S/C10H14FN3/c1-3-13-10(12)14-8-6-4-5-7(2)9(8)11/h4-6H,3H2,1-2H3,(H3,12,13,14). The first-order valence-corrected chi connectivity index (χ1v) is 4.47. The van der Waals surface area contributed by atoms with Gasteiger partial charge in [-0.15, -0.1) is 0 Å². The predicted octanol–water partition coefficient (Wildman–Crippen LogP) is 1.88. The van der Waals surface area contributed by atoms with Crippen LogP contribution in [-0.2, 0) is 0 Å². The van der Waals surface area contributed by atoms with Gasteiger partial charge < -0.3 is 11.1 Å². The Morgan fingerprint density at radius 2 is 2.29 bits per heavy atom. The second-order valence-corrected chi connectivity index (χ2v) is 2.92. The van der Waals surface area contributed by atoms with Gasteiger partial charge in [0, 0.05) is 6.54 Å². The largest absolute Gasteiger partial charge is 0.370 e. The van der Waals surface area contributed by atoms with Crippen LogP contribution in [0.1, 0.15) is 12.5 Å². The lowest BCUT2D eigenvalue weighted by atomic mass is 10.2. The van der Waals surface area contributed by atoms with Crippen LogP contribution in [0.4, 0.5) is 10.1 Å². The number of halogens is 1. The van der Waals surface area contributed by atoms with Crippen molar-refractivity contribution in [2.75, 3.05) is 11.9 Å². The van der Waals surface area contributed by atoms with Gasteiger partial charge in [0.1, 0.15) is 5.82 Å². The summed E-state index contributed by atoms with van der Waals surface area (Å²) in [5.41, 5.74) is 6.45. The molecule has 0 aliphatic heterocycles. The molecule has 1 aromatic rings. The predicted molar refractivity (Wildman–Crippen MR) is 56.9 cm³/mol. The summed E-state index contributed by atoms with van der Waals surface area (Å²) in [5, 5.41) is 2.70. The highest BCUT2D eigenvalue weighted by Gasteiger charge is 2.04. The van der Waals surface area contributed by atoms with Crippen LogP contribution < -0.4 is 11.1 Å². The molecule has 0 heterocycles. The van der Waals surface area contributed by atoms with Gasteiger partial charge in [0.25, 0.3) is 0 Å². The summed E-state index contributed by atoms with van der Waals surface area (Å²) in [4.78, 5) is 3.91. The van der Waals surface area contributed by atoms with Crippen molar-refractivity contribution in [3.05, 3.63) is 29.6 Å². The van der Waals surface area contributed by atoms with Crippen LogP contribution >= 0.6 is 0 Å². The Hall–Kier alpha value is -1.58. The average molecular weight is 195 g/mol. The van der Waals surface area contributed by atoms with Gasteiger partial charge in [0.2, 0.25) is 0 Å². The molecule has 0 bridgehead atoms. The van der Waals surface area contributed by atoms with E-state index in [0.717, 1.165) is 0 Å². The molecule has 0 spiro atoms. The van der Waals surface area contributed by atoms with Crippen molar-refractivity contribution < 1.29 is 4.39 Å². The Morgan fingerprint density at radius 3 is 2.93 bits per heavy atom. The average Bonchev–Trinajstić information content (AvgIpc) is 2.13. The second kappa shape index (κ2) is 4.60. The van der Waals surface area contributed by atoms with E-state index in [9.17, 15) is 4.39 Å². The smallest absolute Gasteiger partial charge is 0.193 e. The molecule has 0 aliphatic rings. The minimum Gasteiger partial charge on any atom is -0.370 e. The van der Waals surface area contributed by atoms with Gasteiger partial charge in [-0.05, 0) is 25.5 Å². The van der Waals surface area contributed by atoms with Crippen molar-refractivity contribution in [3.63, 3.8) is 0 Å². The number of guanidine groups is 1. The fraction of sp³-hybridized carbons (Fsp3) is 0.300. The zero-order valence-corrected chi connectivity index (χ0v) is 8.34. The summed E-state index contributed by atoms with van der Waals surface area (Å²) >= 11 is 0. The summed E-state index contributed by atoms with van der Waals surface area (Å²) in [7, 11) is 0. The van der Waals surface area contributed by atoms with E-state index in [0.29, 0.717) is 17.8 Å². The molecule has 3 nitrogen and oxygen atoms in total. The number of aryl methyl sites for hydroxylation is 1. The van der Waals surface area contributed by atoms with Gasteiger partial charge >= 0.3 is 0 Å². The van der Waals surface area contributed by atoms with Crippen molar-refractivity contribution in [3.8, 4) is 0 Å². The number of nitrogens with two attached hydrogens (primary N) is 1. The van der Waals surface area contributed by atoms with Gasteiger partial charge in [-0.3, -0.25) is 4.99 Å². The normalized spacial score (nSPS) is 11.5. The molecule has 0 saturated heterocycles. The van der Waals surface area contributed by atoms with Crippen LogP contribution in [0.5, 0.6) is 0 Å². The highest BCUT2D eigenvalue weighted by atomic mass is 19.1. The molecule has 0 unspecified atom stereocenters. The summed E-state index contributed by atoms with van der Waals surface area (Å²) in [6, 6.07) is 5.09. The Bertz CT molecular complexity index is 347. The van der Waals surface area contributed by atoms with Gasteiger partial charge in [0.05, 0.1) is 5.69 Å². The van der Waals surface area contributed by atoms with Gasteiger partial charge in [-0.2, -0.15) is 0 Å². The fourth-order valence-electron chi connectivity index (χ4n) is 1.09. The molecular weight excluding hydrogens is 181 g/mol. The summed E-state index contributed by atoms with van der Waals surface area (Å²) in [5.74, 6) is -0.0567. The zero-order valence-electron chi connectivity index (χ0n) is 8.34. The van der Waals surface area contributed by atoms with Crippen LogP contribution in [0.15, 0.2) is 23.2 Å². The van der Waals surface area contributed by atoms with Crippen molar-refractivity contribution >= 4 is 11.6 Å². The summed E-state index contributed by atoms with van der Waals surface area (Å²) in [6.07, 6.45) is 0. The summed E-state index contributed by atoms with van der Waals surface area (Å²) in [6.45, 7) is 4.14. The third-order valence-corrected chi connectivity index (χ3v) is 1.78. The van der Waals surface area contributed by atoms with E-state index in [1.807, 2.05) is 6.92 Å². The molecular formula is C10H14FN3. The van der Waals surface area contributed by atoms with Crippen LogP contribution in [0.3, 0.4) is 0 Å². The molecule has 0 saturated carbocycles. The maximum absolute atomic E-state index is 13.4. The Balaban J connectivity index is 2.87. The minimum atomic E-state index is -0.290. The first kappa shape index (κ1) is 10.5. The van der Waals surface area contributed by atoms with E-state index in [-0.39, 0.29) is 11.8 Å². The van der Waals surface area contributed by atoms with Gasteiger partial charge in [-0.1, -0.05) is 12.1 Å². The fourth-order valence-corrected chi connectivity index (χ4v) is 1.09. The first-order chi connectivity index (χ1) is 6.65. The van der Waals surface area contributed by atoms with Crippen LogP contribution in [0.25, 0.3) is 0 Å². The molecule has 1 aromatic carbocycles. The SMILES string of the molecule is CCN=C(N)Nc1cccc(C)c1F. The van der Waals surface area contributed by atoms with E-state index in [1.165, 1.54) is 0 Å². The number of benzene rings is 1. The van der Waals surface area contributed by atoms with Crippen molar-refractivity contribution in [2.45, 2.75) is 13.8 Å². The number of rotatable bonds is 2. The third-order valence-electron chi connectivity index (χ3n) is 1.78. The third kappa shape index (κ3) is 2.45. The van der Waals surface area contributed by atoms with E-state index in [4.69, 9.17) is 5.73 Å². The number of nitrogens with one attached hydrogen (secondary N) is 1.